The third kappa shape index (κ3) is 40.0. The molecule has 0 radical (unpaired) electrons. The largest absolute Gasteiger partial charge is 0.472 e. The van der Waals surface area contributed by atoms with Crippen molar-refractivity contribution in [2.45, 2.75) is 212 Å². The molecular weight excluding hydrogens is 775 g/mol. The van der Waals surface area contributed by atoms with Crippen LogP contribution in [0.25, 0.3) is 0 Å². The molecule has 0 rings (SSSR count). The summed E-state index contributed by atoms with van der Waals surface area (Å²) < 4.78 is 32.6. The lowest BCUT2D eigenvalue weighted by Gasteiger charge is -2.20. The Bertz CT molecular complexity index is 1130. The second-order valence-electron chi connectivity index (χ2n) is 16.2. The molecule has 0 aromatic carbocycles. The molecule has 0 saturated carbocycles. The number of phosphoric acid groups is 1. The van der Waals surface area contributed by atoms with E-state index in [0.717, 1.165) is 44.4 Å². The van der Waals surface area contributed by atoms with E-state index >= 15 is 0 Å². The lowest BCUT2D eigenvalue weighted by molar-refractivity contribution is -0.161. The molecule has 13 heteroatoms. The molecule has 5 atom stereocenters. The zero-order valence-electron chi connectivity index (χ0n) is 37.1. The molecule has 0 aromatic rings. The normalized spacial score (nSPS) is 15.3. The van der Waals surface area contributed by atoms with Crippen molar-refractivity contribution in [3.8, 4) is 0 Å². The van der Waals surface area contributed by atoms with Gasteiger partial charge in [0.2, 0.25) is 0 Å². The van der Waals surface area contributed by atoms with Gasteiger partial charge in [-0.2, -0.15) is 0 Å². The molecule has 0 aliphatic heterocycles. The van der Waals surface area contributed by atoms with Crippen LogP contribution in [0.5, 0.6) is 0 Å². The maximum absolute atomic E-state index is 12.7. The number of carbonyl (C=O) groups is 2. The van der Waals surface area contributed by atoms with Crippen LogP contribution in [0.4, 0.5) is 0 Å². The predicted octanol–water partition coefficient (Wildman–Crippen LogP) is 10.1. The second-order valence-corrected chi connectivity index (χ2v) is 17.7. The smallest absolute Gasteiger partial charge is 0.462 e. The second kappa shape index (κ2) is 40.2. The number of hydrogen-bond donors (Lipinski definition) is 5. The summed E-state index contributed by atoms with van der Waals surface area (Å²) in [5.41, 5.74) is 0. The molecule has 0 aliphatic rings. The molecular formula is C46H85O12P. The summed E-state index contributed by atoms with van der Waals surface area (Å²) in [5.74, 6) is -0.394. The van der Waals surface area contributed by atoms with Gasteiger partial charge in [0.1, 0.15) is 12.7 Å². The van der Waals surface area contributed by atoms with Crippen LogP contribution in [0.1, 0.15) is 188 Å². The topological polar surface area (TPSA) is 189 Å². The Hall–Kier alpha value is -1.89. The molecule has 0 saturated heterocycles. The van der Waals surface area contributed by atoms with E-state index in [4.69, 9.17) is 19.1 Å². The van der Waals surface area contributed by atoms with Crippen molar-refractivity contribution in [3.05, 3.63) is 36.5 Å². The Morgan fingerprint density at radius 2 is 1.12 bits per heavy atom. The van der Waals surface area contributed by atoms with Gasteiger partial charge in [0, 0.05) is 12.8 Å². The van der Waals surface area contributed by atoms with Gasteiger partial charge in [0.25, 0.3) is 0 Å². The maximum atomic E-state index is 12.7. The summed E-state index contributed by atoms with van der Waals surface area (Å²) >= 11 is 0. The van der Waals surface area contributed by atoms with Crippen molar-refractivity contribution >= 4 is 19.8 Å². The SMILES string of the molecule is CCCCC/C=C\C/C=C\C/C=C\CC(O)C(O)CCCC(=O)O[C@H](COC(=O)CCCCCCCCCCCCCCCCC(C)C)COP(=O)(O)OC[C@@H](O)CO. The Labute approximate surface area is 357 Å². The number of aliphatic hydroxyl groups is 4. The first kappa shape index (κ1) is 57.1. The molecule has 346 valence electrons. The standard InChI is InChI=1S/C46H85O12P/c1-4-5-6-7-8-9-10-16-19-22-25-28-32-43(49)44(50)33-30-35-46(52)58-42(39-57-59(53,54)56-37-41(48)36-47)38-55-45(51)34-29-26-23-20-17-14-12-11-13-15-18-21-24-27-31-40(2)3/h8-9,16,19,25,28,40-44,47-50H,4-7,10-15,17-18,20-24,26-27,29-39H2,1-3H3,(H,53,54)/b9-8-,19-16-,28-25-/t41-,42+,43?,44?/m0/s1. The van der Waals surface area contributed by atoms with E-state index in [1.54, 1.807) is 0 Å². The number of carbonyl (C=O) groups excluding carboxylic acids is 2. The van der Waals surface area contributed by atoms with Crippen LogP contribution in [0.15, 0.2) is 36.5 Å². The van der Waals surface area contributed by atoms with Crippen LogP contribution < -0.4 is 0 Å². The molecule has 0 bridgehead atoms. The van der Waals surface area contributed by atoms with Gasteiger partial charge in [0.05, 0.1) is 32.0 Å². The van der Waals surface area contributed by atoms with E-state index in [0.29, 0.717) is 6.42 Å². The first-order valence-corrected chi connectivity index (χ1v) is 24.5. The summed E-state index contributed by atoms with van der Waals surface area (Å²) in [6.07, 6.45) is 32.8. The number of phosphoric ester groups is 1. The molecule has 0 aromatic heterocycles. The number of allylic oxidation sites excluding steroid dienone is 5. The molecule has 0 amide bonds. The fraction of sp³-hybridized carbons (Fsp3) is 0.826. The molecule has 0 aliphatic carbocycles. The highest BCUT2D eigenvalue weighted by molar-refractivity contribution is 7.47. The number of unbranched alkanes of at least 4 members (excludes halogenated alkanes) is 16. The zero-order valence-corrected chi connectivity index (χ0v) is 38.0. The molecule has 59 heavy (non-hydrogen) atoms. The van der Waals surface area contributed by atoms with Crippen LogP contribution in [-0.2, 0) is 32.7 Å². The van der Waals surface area contributed by atoms with Gasteiger partial charge >= 0.3 is 19.8 Å². The molecule has 3 unspecified atom stereocenters. The molecule has 12 nitrogen and oxygen atoms in total. The van der Waals surface area contributed by atoms with Gasteiger partial charge in [-0.15, -0.1) is 0 Å². The van der Waals surface area contributed by atoms with Crippen LogP contribution >= 0.6 is 7.82 Å². The Balaban J connectivity index is 4.49. The van der Waals surface area contributed by atoms with Crippen molar-refractivity contribution in [1.29, 1.82) is 0 Å². The van der Waals surface area contributed by atoms with Crippen molar-refractivity contribution in [1.82, 2.24) is 0 Å². The average molecular weight is 861 g/mol. The highest BCUT2D eigenvalue weighted by Gasteiger charge is 2.27. The Morgan fingerprint density at radius 1 is 0.593 bits per heavy atom. The summed E-state index contributed by atoms with van der Waals surface area (Å²) in [5, 5.41) is 39.1. The first-order valence-electron chi connectivity index (χ1n) is 23.0. The first-order chi connectivity index (χ1) is 28.4. The fourth-order valence-electron chi connectivity index (χ4n) is 6.22. The van der Waals surface area contributed by atoms with Crippen molar-refractivity contribution < 1.29 is 58.0 Å². The highest BCUT2D eigenvalue weighted by atomic mass is 31.2. The summed E-state index contributed by atoms with van der Waals surface area (Å²) in [7, 11) is -4.70. The fourth-order valence-corrected chi connectivity index (χ4v) is 7.01. The third-order valence-electron chi connectivity index (χ3n) is 9.93. The van der Waals surface area contributed by atoms with E-state index in [-0.39, 0.29) is 32.1 Å². The van der Waals surface area contributed by atoms with Crippen LogP contribution in [0.3, 0.4) is 0 Å². The van der Waals surface area contributed by atoms with Gasteiger partial charge in [-0.25, -0.2) is 4.57 Å². The lowest BCUT2D eigenvalue weighted by Crippen LogP contribution is -2.30. The van der Waals surface area contributed by atoms with Gasteiger partial charge in [-0.05, 0) is 57.3 Å². The number of ether oxygens (including phenoxy) is 2. The van der Waals surface area contributed by atoms with Gasteiger partial charge < -0.3 is 34.8 Å². The minimum Gasteiger partial charge on any atom is -0.462 e. The van der Waals surface area contributed by atoms with Gasteiger partial charge in [0.15, 0.2) is 6.10 Å². The summed E-state index contributed by atoms with van der Waals surface area (Å²) in [6.45, 7) is 4.36. The molecule has 0 fully saturated rings. The van der Waals surface area contributed by atoms with E-state index in [1.807, 2.05) is 12.2 Å². The van der Waals surface area contributed by atoms with Crippen molar-refractivity contribution in [2.24, 2.45) is 5.92 Å². The number of hydrogen-bond acceptors (Lipinski definition) is 11. The monoisotopic (exact) mass is 861 g/mol. The number of esters is 2. The molecule has 0 spiro atoms. The van der Waals surface area contributed by atoms with Crippen molar-refractivity contribution in [2.75, 3.05) is 26.4 Å². The summed E-state index contributed by atoms with van der Waals surface area (Å²) in [6, 6.07) is 0. The highest BCUT2D eigenvalue weighted by Crippen LogP contribution is 2.43. The minimum atomic E-state index is -4.70. The summed E-state index contributed by atoms with van der Waals surface area (Å²) in [4.78, 5) is 35.1. The third-order valence-corrected chi connectivity index (χ3v) is 10.9. The lowest BCUT2D eigenvalue weighted by atomic mass is 10.0. The van der Waals surface area contributed by atoms with Gasteiger partial charge in [-0.3, -0.25) is 18.6 Å². The molecule has 5 N–H and O–H groups in total. The van der Waals surface area contributed by atoms with Crippen molar-refractivity contribution in [3.63, 3.8) is 0 Å². The predicted molar refractivity (Wildman–Crippen MR) is 236 cm³/mol. The van der Waals surface area contributed by atoms with Crippen LogP contribution in [0.2, 0.25) is 0 Å². The maximum Gasteiger partial charge on any atom is 0.472 e. The Morgan fingerprint density at radius 3 is 1.69 bits per heavy atom. The molecule has 0 heterocycles. The number of rotatable bonds is 42. The average Bonchev–Trinajstić information content (AvgIpc) is 3.20. The van der Waals surface area contributed by atoms with E-state index in [1.165, 1.54) is 89.9 Å². The quantitative estimate of drug-likeness (QED) is 0.0169. The van der Waals surface area contributed by atoms with Gasteiger partial charge in [-0.1, -0.05) is 160 Å². The van der Waals surface area contributed by atoms with Crippen LogP contribution in [-0.4, -0.2) is 88.1 Å². The van der Waals surface area contributed by atoms with E-state index in [2.05, 4.69) is 49.6 Å². The Kier molecular flexibility index (Phi) is 38.9. The van der Waals surface area contributed by atoms with E-state index < -0.39 is 70.6 Å². The minimum absolute atomic E-state index is 0.128. The van der Waals surface area contributed by atoms with Crippen LogP contribution in [0, 0.1) is 5.92 Å². The van der Waals surface area contributed by atoms with E-state index in [9.17, 15) is 34.4 Å². The zero-order chi connectivity index (χ0) is 43.8. The number of aliphatic hydroxyl groups excluding tert-OH is 4.